The molecule has 2 aromatic carbocycles. The van der Waals surface area contributed by atoms with Crippen LogP contribution >= 0.6 is 0 Å². The zero-order valence-corrected chi connectivity index (χ0v) is 10.8. The molecule has 5 heteroatoms. The second-order valence-electron chi connectivity index (χ2n) is 4.43. The monoisotopic (exact) mass is 281 g/mol. The zero-order chi connectivity index (χ0) is 14.8. The van der Waals surface area contributed by atoms with Crippen LogP contribution in [0.4, 0.5) is 20.2 Å². The smallest absolute Gasteiger partial charge is 0.149 e. The van der Waals surface area contributed by atoms with Crippen LogP contribution in [0.5, 0.6) is 0 Å². The predicted octanol–water partition coefficient (Wildman–Crippen LogP) is 4.13. The molecule has 1 aromatic heterocycles. The highest BCUT2D eigenvalue weighted by Crippen LogP contribution is 2.29. The molecule has 0 atom stereocenters. The fraction of sp³-hybridized carbons (Fsp3) is 0. The largest absolute Gasteiger partial charge is 0.354 e. The first-order valence-electron chi connectivity index (χ1n) is 6.19. The molecule has 1 heterocycles. The van der Waals surface area contributed by atoms with E-state index in [1.807, 2.05) is 6.07 Å². The molecule has 3 aromatic rings. The summed E-state index contributed by atoms with van der Waals surface area (Å²) in [7, 11) is 0. The summed E-state index contributed by atoms with van der Waals surface area (Å²) in [5.41, 5.74) is 1.31. The predicted molar refractivity (Wildman–Crippen MR) is 76.1 cm³/mol. The van der Waals surface area contributed by atoms with Crippen molar-refractivity contribution < 1.29 is 8.78 Å². The van der Waals surface area contributed by atoms with Gasteiger partial charge in [0.2, 0.25) is 0 Å². The fourth-order valence-electron chi connectivity index (χ4n) is 2.12. The number of nitrogens with one attached hydrogen (secondary N) is 1. The Kier molecular flexibility index (Phi) is 3.20. The molecular weight excluding hydrogens is 272 g/mol. The van der Waals surface area contributed by atoms with Gasteiger partial charge in [0.05, 0.1) is 11.3 Å². The van der Waals surface area contributed by atoms with Gasteiger partial charge in [-0.2, -0.15) is 5.26 Å². The van der Waals surface area contributed by atoms with Crippen molar-refractivity contribution in [3.8, 4) is 6.07 Å². The van der Waals surface area contributed by atoms with Gasteiger partial charge in [0.15, 0.2) is 0 Å². The lowest BCUT2D eigenvalue weighted by molar-refractivity contribution is 0.628. The Morgan fingerprint density at radius 1 is 1.10 bits per heavy atom. The number of fused-ring (bicyclic) bond motifs is 1. The van der Waals surface area contributed by atoms with Crippen molar-refractivity contribution in [2.75, 3.05) is 5.32 Å². The van der Waals surface area contributed by atoms with Gasteiger partial charge in [-0.05, 0) is 24.3 Å². The summed E-state index contributed by atoms with van der Waals surface area (Å²) in [6.07, 6.45) is 1.30. The van der Waals surface area contributed by atoms with Crippen LogP contribution in [-0.4, -0.2) is 4.98 Å². The summed E-state index contributed by atoms with van der Waals surface area (Å²) in [6.45, 7) is 0. The van der Waals surface area contributed by atoms with Gasteiger partial charge < -0.3 is 5.32 Å². The van der Waals surface area contributed by atoms with Gasteiger partial charge in [-0.15, -0.1) is 0 Å². The number of benzene rings is 2. The van der Waals surface area contributed by atoms with Gasteiger partial charge in [-0.1, -0.05) is 18.2 Å². The Hall–Kier alpha value is -3.00. The lowest BCUT2D eigenvalue weighted by atomic mass is 10.1. The molecule has 0 saturated carbocycles. The molecule has 0 spiro atoms. The third-order valence-electron chi connectivity index (χ3n) is 3.06. The summed E-state index contributed by atoms with van der Waals surface area (Å²) < 4.78 is 27.0. The van der Waals surface area contributed by atoms with E-state index >= 15 is 0 Å². The molecule has 21 heavy (non-hydrogen) atoms. The van der Waals surface area contributed by atoms with E-state index in [0.717, 1.165) is 0 Å². The first-order valence-corrected chi connectivity index (χ1v) is 6.19. The quantitative estimate of drug-likeness (QED) is 0.768. The van der Waals surface area contributed by atoms with E-state index in [1.165, 1.54) is 30.5 Å². The van der Waals surface area contributed by atoms with Crippen molar-refractivity contribution in [3.05, 3.63) is 65.9 Å². The lowest BCUT2D eigenvalue weighted by Gasteiger charge is -2.11. The van der Waals surface area contributed by atoms with Crippen molar-refractivity contribution >= 4 is 22.3 Å². The van der Waals surface area contributed by atoms with Crippen LogP contribution in [0.1, 0.15) is 5.56 Å². The molecule has 0 aliphatic heterocycles. The number of anilines is 2. The maximum absolute atomic E-state index is 13.8. The molecule has 102 valence electrons. The molecule has 0 fully saturated rings. The van der Waals surface area contributed by atoms with Gasteiger partial charge in [-0.25, -0.2) is 8.78 Å². The molecule has 1 N–H and O–H groups in total. The van der Waals surface area contributed by atoms with Crippen LogP contribution in [0.15, 0.2) is 48.7 Å². The van der Waals surface area contributed by atoms with Crippen molar-refractivity contribution in [2.24, 2.45) is 0 Å². The SMILES string of the molecule is N#Cc1cnc2c(F)cccc2c1Nc1cccc(F)c1. The Morgan fingerprint density at radius 2 is 1.90 bits per heavy atom. The maximum atomic E-state index is 13.8. The summed E-state index contributed by atoms with van der Waals surface area (Å²) in [5, 5.41) is 12.6. The average Bonchev–Trinajstić information content (AvgIpc) is 2.48. The highest BCUT2D eigenvalue weighted by atomic mass is 19.1. The summed E-state index contributed by atoms with van der Waals surface area (Å²) >= 11 is 0. The van der Waals surface area contributed by atoms with E-state index in [2.05, 4.69) is 10.3 Å². The van der Waals surface area contributed by atoms with Gasteiger partial charge >= 0.3 is 0 Å². The maximum Gasteiger partial charge on any atom is 0.149 e. The van der Waals surface area contributed by atoms with E-state index in [1.54, 1.807) is 18.2 Å². The van der Waals surface area contributed by atoms with E-state index in [0.29, 0.717) is 16.8 Å². The molecule has 0 radical (unpaired) electrons. The number of para-hydroxylation sites is 1. The van der Waals surface area contributed by atoms with E-state index in [-0.39, 0.29) is 11.1 Å². The van der Waals surface area contributed by atoms with Crippen LogP contribution < -0.4 is 5.32 Å². The number of pyridine rings is 1. The van der Waals surface area contributed by atoms with Crippen LogP contribution in [0, 0.1) is 23.0 Å². The second-order valence-corrected chi connectivity index (χ2v) is 4.43. The minimum Gasteiger partial charge on any atom is -0.354 e. The fourth-order valence-corrected chi connectivity index (χ4v) is 2.12. The Bertz CT molecular complexity index is 869. The third kappa shape index (κ3) is 2.39. The average molecular weight is 281 g/mol. The Labute approximate surface area is 119 Å². The third-order valence-corrected chi connectivity index (χ3v) is 3.06. The molecule has 0 bridgehead atoms. The van der Waals surface area contributed by atoms with Crippen LogP contribution in [0.3, 0.4) is 0 Å². The Morgan fingerprint density at radius 3 is 2.67 bits per heavy atom. The van der Waals surface area contributed by atoms with Crippen molar-refractivity contribution in [2.45, 2.75) is 0 Å². The lowest BCUT2D eigenvalue weighted by Crippen LogP contribution is -1.98. The van der Waals surface area contributed by atoms with Gasteiger partial charge in [0, 0.05) is 17.3 Å². The second kappa shape index (κ2) is 5.17. The molecular formula is C16H9F2N3. The first-order chi connectivity index (χ1) is 10.2. The van der Waals surface area contributed by atoms with Crippen LogP contribution in [-0.2, 0) is 0 Å². The van der Waals surface area contributed by atoms with Crippen molar-refractivity contribution in [1.29, 1.82) is 5.26 Å². The minimum atomic E-state index is -0.473. The molecule has 0 unspecified atom stereocenters. The Balaban J connectivity index is 2.20. The van der Waals surface area contributed by atoms with Gasteiger partial charge in [-0.3, -0.25) is 4.98 Å². The zero-order valence-electron chi connectivity index (χ0n) is 10.8. The number of aromatic nitrogens is 1. The molecule has 0 aliphatic carbocycles. The topological polar surface area (TPSA) is 48.7 Å². The van der Waals surface area contributed by atoms with E-state index in [9.17, 15) is 14.0 Å². The van der Waals surface area contributed by atoms with Crippen molar-refractivity contribution in [3.63, 3.8) is 0 Å². The van der Waals surface area contributed by atoms with Gasteiger partial charge in [0.1, 0.15) is 23.2 Å². The molecule has 0 aliphatic rings. The standard InChI is InChI=1S/C16H9F2N3/c17-11-3-1-4-12(7-11)21-15-10(8-19)9-20-16-13(15)5-2-6-14(16)18/h1-7,9H,(H,20,21). The number of nitrogens with zero attached hydrogens (tertiary/aromatic N) is 2. The summed E-state index contributed by atoms with van der Waals surface area (Å²) in [4.78, 5) is 3.96. The number of halogens is 2. The first kappa shape index (κ1) is 13.0. The van der Waals surface area contributed by atoms with E-state index < -0.39 is 11.6 Å². The van der Waals surface area contributed by atoms with E-state index in [4.69, 9.17) is 0 Å². The summed E-state index contributed by atoms with van der Waals surface area (Å²) in [6, 6.07) is 12.3. The molecule has 3 rings (SSSR count). The molecule has 0 saturated heterocycles. The summed E-state index contributed by atoms with van der Waals surface area (Å²) in [5.74, 6) is -0.873. The number of nitriles is 1. The normalized spacial score (nSPS) is 10.3. The highest BCUT2D eigenvalue weighted by Gasteiger charge is 2.11. The van der Waals surface area contributed by atoms with Crippen molar-refractivity contribution in [1.82, 2.24) is 4.98 Å². The highest BCUT2D eigenvalue weighted by molar-refractivity contribution is 5.95. The number of hydrogen-bond donors (Lipinski definition) is 1. The molecule has 3 nitrogen and oxygen atoms in total. The van der Waals surface area contributed by atoms with Gasteiger partial charge in [0.25, 0.3) is 0 Å². The molecule has 0 amide bonds. The van der Waals surface area contributed by atoms with Crippen LogP contribution in [0.25, 0.3) is 10.9 Å². The number of hydrogen-bond acceptors (Lipinski definition) is 3. The number of rotatable bonds is 2. The van der Waals surface area contributed by atoms with Crippen LogP contribution in [0.2, 0.25) is 0 Å². The minimum absolute atomic E-state index is 0.162.